The van der Waals surface area contributed by atoms with Crippen molar-refractivity contribution in [3.63, 3.8) is 0 Å². The molecule has 5 aromatic rings. The van der Waals surface area contributed by atoms with Crippen molar-refractivity contribution in [2.24, 2.45) is 11.8 Å². The number of carbonyl (C=O) groups is 4. The van der Waals surface area contributed by atoms with Gasteiger partial charge in [0, 0.05) is 56.5 Å². The van der Waals surface area contributed by atoms with Gasteiger partial charge < -0.3 is 0 Å². The van der Waals surface area contributed by atoms with E-state index in [-0.39, 0.29) is 59.0 Å². The van der Waals surface area contributed by atoms with Gasteiger partial charge in [0.1, 0.15) is 0 Å². The van der Waals surface area contributed by atoms with Crippen molar-refractivity contribution in [3.05, 3.63) is 69.8 Å². The number of hydrogen-bond acceptors (Lipinski definition) is 6. The van der Waals surface area contributed by atoms with E-state index in [1.54, 1.807) is 36.4 Å². The van der Waals surface area contributed by atoms with Gasteiger partial charge in [-0.25, -0.2) is 0 Å². The van der Waals surface area contributed by atoms with E-state index in [9.17, 15) is 29.7 Å². The normalized spacial score (nSPS) is 15.6. The molecule has 0 aliphatic carbocycles. The summed E-state index contributed by atoms with van der Waals surface area (Å²) < 4.78 is 0. The van der Waals surface area contributed by atoms with Crippen molar-refractivity contribution in [1.82, 2.24) is 9.80 Å². The second-order valence-electron chi connectivity index (χ2n) is 13.7. The Morgan fingerprint density at radius 3 is 1.29 bits per heavy atom. The predicted octanol–water partition coefficient (Wildman–Crippen LogP) is 8.33. The third-order valence-corrected chi connectivity index (χ3v) is 10.3. The molecule has 8 nitrogen and oxygen atoms in total. The van der Waals surface area contributed by atoms with E-state index in [2.05, 4.69) is 26.0 Å². The Balaban J connectivity index is 1.51. The maximum atomic E-state index is 14.0. The highest BCUT2D eigenvalue weighted by molar-refractivity contribution is 6.42. The first kappa shape index (κ1) is 31.3. The Kier molecular flexibility index (Phi) is 7.63. The van der Waals surface area contributed by atoms with E-state index in [4.69, 9.17) is 0 Å². The van der Waals surface area contributed by atoms with E-state index in [0.29, 0.717) is 54.2 Å². The second kappa shape index (κ2) is 11.7. The molecule has 8 heteroatoms. The zero-order valence-electron chi connectivity index (χ0n) is 27.7. The highest BCUT2D eigenvalue weighted by Gasteiger charge is 2.39. The van der Waals surface area contributed by atoms with Gasteiger partial charge in [0.15, 0.2) is 0 Å². The molecule has 2 heterocycles. The van der Waals surface area contributed by atoms with Crippen LogP contribution in [0.3, 0.4) is 0 Å². The largest absolute Gasteiger partial charge is 0.274 e. The van der Waals surface area contributed by atoms with Crippen molar-refractivity contribution in [3.8, 4) is 12.1 Å². The highest BCUT2D eigenvalue weighted by atomic mass is 16.2. The lowest BCUT2D eigenvalue weighted by atomic mass is 9.79. The first-order chi connectivity index (χ1) is 23.2. The topological polar surface area (TPSA) is 122 Å². The van der Waals surface area contributed by atoms with Gasteiger partial charge in [-0.15, -0.1) is 0 Å². The third-order valence-electron chi connectivity index (χ3n) is 10.3. The molecule has 7 rings (SSSR count). The summed E-state index contributed by atoms with van der Waals surface area (Å²) in [5.74, 6) is -1.38. The molecular formula is C40H36N4O4. The van der Waals surface area contributed by atoms with Crippen LogP contribution in [-0.4, -0.2) is 46.5 Å². The van der Waals surface area contributed by atoms with Crippen LogP contribution in [0.2, 0.25) is 0 Å². The third kappa shape index (κ3) is 4.39. The van der Waals surface area contributed by atoms with Crippen LogP contribution in [0.25, 0.3) is 43.1 Å². The van der Waals surface area contributed by atoms with E-state index in [1.165, 1.54) is 9.80 Å². The van der Waals surface area contributed by atoms with Gasteiger partial charge in [-0.05, 0) is 59.7 Å². The molecule has 48 heavy (non-hydrogen) atoms. The lowest BCUT2D eigenvalue weighted by Gasteiger charge is -2.32. The Morgan fingerprint density at radius 2 is 0.938 bits per heavy atom. The van der Waals surface area contributed by atoms with Crippen LogP contribution >= 0.6 is 0 Å². The summed E-state index contributed by atoms with van der Waals surface area (Å²) in [6, 6.07) is 14.7. The monoisotopic (exact) mass is 636 g/mol. The Labute approximate surface area is 278 Å². The van der Waals surface area contributed by atoms with Gasteiger partial charge in [-0.2, -0.15) is 10.5 Å². The number of unbranched alkanes of at least 4 members (excludes halogenated alkanes) is 2. The number of imide groups is 2. The lowest BCUT2D eigenvalue weighted by molar-refractivity contribution is 0.0571. The van der Waals surface area contributed by atoms with Gasteiger partial charge in [-0.1, -0.05) is 65.5 Å². The number of benzene rings is 5. The molecule has 5 aromatic carbocycles. The summed E-state index contributed by atoms with van der Waals surface area (Å²) in [5.41, 5.74) is 1.83. The number of nitriles is 2. The molecule has 0 N–H and O–H groups in total. The zero-order chi connectivity index (χ0) is 34.0. The van der Waals surface area contributed by atoms with Crippen LogP contribution in [0.4, 0.5) is 0 Å². The molecule has 0 saturated heterocycles. The molecule has 0 saturated carbocycles. The fourth-order valence-corrected chi connectivity index (χ4v) is 7.99. The number of amides is 4. The summed E-state index contributed by atoms with van der Waals surface area (Å²) in [5, 5.41) is 25.3. The molecule has 0 fully saturated rings. The smallest absolute Gasteiger partial charge is 0.261 e. The summed E-state index contributed by atoms with van der Waals surface area (Å²) >= 11 is 0. The van der Waals surface area contributed by atoms with Gasteiger partial charge in [-0.3, -0.25) is 29.0 Å². The maximum absolute atomic E-state index is 14.0. The average Bonchev–Trinajstić information content (AvgIpc) is 3.10. The van der Waals surface area contributed by atoms with Gasteiger partial charge in [0.25, 0.3) is 23.6 Å². The number of hydrogen-bond donors (Lipinski definition) is 0. The summed E-state index contributed by atoms with van der Waals surface area (Å²) in [4.78, 5) is 58.5. The lowest BCUT2D eigenvalue weighted by Crippen LogP contribution is -2.43. The van der Waals surface area contributed by atoms with Crippen molar-refractivity contribution >= 4 is 66.7 Å². The van der Waals surface area contributed by atoms with E-state index >= 15 is 0 Å². The molecule has 240 valence electrons. The molecular weight excluding hydrogens is 600 g/mol. The number of fused-ring (bicyclic) bond motifs is 2. The van der Waals surface area contributed by atoms with Gasteiger partial charge in [0.2, 0.25) is 0 Å². The van der Waals surface area contributed by atoms with E-state index in [1.807, 2.05) is 13.8 Å². The molecule has 0 aromatic heterocycles. The second-order valence-corrected chi connectivity index (χ2v) is 13.7. The van der Waals surface area contributed by atoms with E-state index < -0.39 is 11.8 Å². The number of rotatable bonds is 10. The fraction of sp³-hybridized carbons (Fsp3) is 0.350. The minimum Gasteiger partial charge on any atom is -0.274 e. The van der Waals surface area contributed by atoms with Crippen molar-refractivity contribution in [2.45, 2.75) is 66.2 Å². The standard InChI is InChI=1S/C40H36N4O4/c1-5-7-9-21(3)19-43-37(45)27-13-11-25-32-24(18-42)16-30-34-28(38(46)44(40(30)48)20-22(4)10-8-6-2)14-12-26(36(32)34)31-23(17-41)15-29(39(43)47)33(27)35(25)31/h11-16,21-22H,5-10,19-20H2,1-4H3. The Hall–Kier alpha value is -5.34. The molecule has 2 atom stereocenters. The maximum Gasteiger partial charge on any atom is 0.261 e. The van der Waals surface area contributed by atoms with Crippen molar-refractivity contribution < 1.29 is 19.2 Å². The van der Waals surface area contributed by atoms with Crippen molar-refractivity contribution in [2.75, 3.05) is 13.1 Å². The molecule has 2 aliphatic rings. The average molecular weight is 637 g/mol. The molecule has 2 aliphatic heterocycles. The van der Waals surface area contributed by atoms with Crippen molar-refractivity contribution in [1.29, 1.82) is 10.5 Å². The Bertz CT molecular complexity index is 2160. The SMILES string of the molecule is CCCCC(C)CN1C(=O)c2ccc3c4c(C#N)cc5c6c(ccc(c7c(C#N)cc(c2c37)C1=O)c64)C(=O)N(CC(C)CCCC)C5=O. The molecule has 0 spiro atoms. The van der Waals surface area contributed by atoms with Crippen LogP contribution in [0.1, 0.15) is 119 Å². The van der Waals surface area contributed by atoms with Gasteiger partial charge in [0.05, 0.1) is 34.4 Å². The molecule has 0 radical (unpaired) electrons. The summed E-state index contributed by atoms with van der Waals surface area (Å²) in [6.07, 6.45) is 5.81. The Morgan fingerprint density at radius 1 is 0.562 bits per heavy atom. The summed E-state index contributed by atoms with van der Waals surface area (Å²) in [6.45, 7) is 8.85. The van der Waals surface area contributed by atoms with Gasteiger partial charge >= 0.3 is 0 Å². The van der Waals surface area contributed by atoms with Crippen LogP contribution in [-0.2, 0) is 0 Å². The summed E-state index contributed by atoms with van der Waals surface area (Å²) in [7, 11) is 0. The quantitative estimate of drug-likeness (QED) is 0.0863. The number of nitrogens with zero attached hydrogens (tertiary/aromatic N) is 4. The van der Waals surface area contributed by atoms with Crippen LogP contribution in [0.15, 0.2) is 36.4 Å². The highest BCUT2D eigenvalue weighted by Crippen LogP contribution is 2.48. The molecule has 2 unspecified atom stereocenters. The minimum absolute atomic E-state index is 0.119. The van der Waals surface area contributed by atoms with Crippen LogP contribution in [0.5, 0.6) is 0 Å². The first-order valence-electron chi connectivity index (χ1n) is 17.0. The fourth-order valence-electron chi connectivity index (χ4n) is 7.99. The predicted molar refractivity (Wildman–Crippen MR) is 185 cm³/mol. The first-order valence-corrected chi connectivity index (χ1v) is 17.0. The van der Waals surface area contributed by atoms with Crippen LogP contribution < -0.4 is 0 Å². The van der Waals surface area contributed by atoms with Crippen LogP contribution in [0, 0.1) is 34.5 Å². The molecule has 0 bridgehead atoms. The van der Waals surface area contributed by atoms with E-state index in [0.717, 1.165) is 38.5 Å². The number of carbonyl (C=O) groups excluding carboxylic acids is 4. The molecule has 4 amide bonds. The minimum atomic E-state index is -0.433. The zero-order valence-corrected chi connectivity index (χ0v) is 27.7.